The summed E-state index contributed by atoms with van der Waals surface area (Å²) in [7, 11) is 1.25. The topological polar surface area (TPSA) is 66.8 Å². The lowest BCUT2D eigenvalue weighted by molar-refractivity contribution is -0.150. The predicted molar refractivity (Wildman–Crippen MR) is 48.9 cm³/mol. The predicted octanol–water partition coefficient (Wildman–Crippen LogP) is -0.640. The number of hydrogen-bond donors (Lipinski definition) is 1. The molecule has 1 fully saturated rings. The molecule has 80 valence electrons. The summed E-state index contributed by atoms with van der Waals surface area (Å²) in [5.41, 5.74) is 0. The first-order valence-corrected chi connectivity index (χ1v) is 4.75. The van der Waals surface area contributed by atoms with Crippen LogP contribution >= 0.6 is 11.6 Å². The van der Waals surface area contributed by atoms with Crippen molar-refractivity contribution in [2.75, 3.05) is 19.5 Å². The number of likely N-dealkylation sites (tertiary alicyclic amines) is 1. The van der Waals surface area contributed by atoms with Gasteiger partial charge in [-0.15, -0.1) is 11.6 Å². The molecule has 0 aliphatic carbocycles. The second-order valence-corrected chi connectivity index (χ2v) is 3.38. The number of methoxy groups -OCH3 is 1. The Kier molecular flexibility index (Phi) is 3.71. The van der Waals surface area contributed by atoms with Crippen LogP contribution in [-0.4, -0.2) is 53.6 Å². The van der Waals surface area contributed by atoms with Crippen molar-refractivity contribution >= 4 is 23.5 Å². The molecule has 0 unspecified atom stereocenters. The minimum atomic E-state index is -0.693. The minimum Gasteiger partial charge on any atom is -0.467 e. The summed E-state index contributed by atoms with van der Waals surface area (Å²) in [6.45, 7) is 0.144. The fourth-order valence-electron chi connectivity index (χ4n) is 1.53. The average Bonchev–Trinajstić information content (AvgIpc) is 2.58. The molecule has 0 saturated carbocycles. The molecule has 5 nitrogen and oxygen atoms in total. The lowest BCUT2D eigenvalue weighted by Gasteiger charge is -2.20. The van der Waals surface area contributed by atoms with Gasteiger partial charge in [-0.3, -0.25) is 4.79 Å². The van der Waals surface area contributed by atoms with Gasteiger partial charge in [-0.2, -0.15) is 0 Å². The highest BCUT2D eigenvalue weighted by Gasteiger charge is 2.39. The lowest BCUT2D eigenvalue weighted by Crippen LogP contribution is -2.41. The average molecular weight is 222 g/mol. The van der Waals surface area contributed by atoms with E-state index in [-0.39, 0.29) is 24.8 Å². The van der Waals surface area contributed by atoms with Crippen LogP contribution in [0.5, 0.6) is 0 Å². The van der Waals surface area contributed by atoms with Gasteiger partial charge in [0.15, 0.2) is 0 Å². The molecule has 1 N–H and O–H groups in total. The molecule has 0 aromatic heterocycles. The van der Waals surface area contributed by atoms with Gasteiger partial charge in [-0.1, -0.05) is 0 Å². The number of β-amino-alcohol motifs (C(OH)–C–C–N with tert-alkyl or cyclic N) is 1. The number of nitrogens with zero attached hydrogens (tertiary/aromatic N) is 1. The molecule has 6 heteroatoms. The Morgan fingerprint density at radius 1 is 1.64 bits per heavy atom. The van der Waals surface area contributed by atoms with Crippen LogP contribution in [0.1, 0.15) is 6.42 Å². The second kappa shape index (κ2) is 4.61. The van der Waals surface area contributed by atoms with Crippen molar-refractivity contribution in [3.8, 4) is 0 Å². The molecule has 1 aliphatic rings. The van der Waals surface area contributed by atoms with Gasteiger partial charge < -0.3 is 14.7 Å². The van der Waals surface area contributed by atoms with E-state index in [1.807, 2.05) is 0 Å². The molecular weight excluding hydrogens is 210 g/mol. The van der Waals surface area contributed by atoms with E-state index in [0.29, 0.717) is 0 Å². The molecule has 1 rings (SSSR count). The van der Waals surface area contributed by atoms with Crippen molar-refractivity contribution in [1.29, 1.82) is 0 Å². The Morgan fingerprint density at radius 3 is 2.79 bits per heavy atom. The molecule has 0 radical (unpaired) electrons. The number of carbonyl (C=O) groups is 2. The van der Waals surface area contributed by atoms with Crippen molar-refractivity contribution in [2.24, 2.45) is 0 Å². The summed E-state index contributed by atoms with van der Waals surface area (Å²) in [6.07, 6.45) is -0.457. The summed E-state index contributed by atoms with van der Waals surface area (Å²) >= 11 is 5.37. The molecule has 0 aromatic rings. The number of amides is 1. The van der Waals surface area contributed by atoms with Crippen molar-refractivity contribution < 1.29 is 19.4 Å². The van der Waals surface area contributed by atoms with Gasteiger partial charge >= 0.3 is 5.97 Å². The number of esters is 1. The maximum atomic E-state index is 11.3. The molecule has 0 aromatic carbocycles. The number of carbonyl (C=O) groups excluding carboxylic acids is 2. The molecule has 1 amide bonds. The molecule has 14 heavy (non-hydrogen) atoms. The van der Waals surface area contributed by atoms with Gasteiger partial charge in [0.05, 0.1) is 13.2 Å². The number of halogens is 1. The van der Waals surface area contributed by atoms with E-state index in [4.69, 9.17) is 11.6 Å². The maximum absolute atomic E-state index is 11.3. The Bertz CT molecular complexity index is 221. The van der Waals surface area contributed by atoms with E-state index in [1.54, 1.807) is 0 Å². The SMILES string of the molecule is COC(=O)[C@@H]1C[C@H](O)CN1C(=O)CCl. The second-order valence-electron chi connectivity index (χ2n) is 3.11. The summed E-state index contributed by atoms with van der Waals surface area (Å²) in [5, 5.41) is 9.31. The van der Waals surface area contributed by atoms with E-state index < -0.39 is 18.1 Å². The highest BCUT2D eigenvalue weighted by molar-refractivity contribution is 6.27. The third-order valence-electron chi connectivity index (χ3n) is 2.19. The first-order chi connectivity index (χ1) is 6.60. The Balaban J connectivity index is 2.72. The zero-order valence-corrected chi connectivity index (χ0v) is 8.53. The van der Waals surface area contributed by atoms with E-state index in [1.165, 1.54) is 12.0 Å². The first-order valence-electron chi connectivity index (χ1n) is 4.21. The van der Waals surface area contributed by atoms with Crippen LogP contribution in [0.2, 0.25) is 0 Å². The number of ether oxygens (including phenoxy) is 1. The summed E-state index contributed by atoms with van der Waals surface area (Å²) in [5.74, 6) is -1.07. The van der Waals surface area contributed by atoms with Crippen LogP contribution in [0.15, 0.2) is 0 Å². The van der Waals surface area contributed by atoms with E-state index in [9.17, 15) is 14.7 Å². The van der Waals surface area contributed by atoms with Crippen molar-refractivity contribution in [3.05, 3.63) is 0 Å². The molecule has 0 spiro atoms. The zero-order valence-electron chi connectivity index (χ0n) is 7.77. The van der Waals surface area contributed by atoms with Gasteiger partial charge in [0.1, 0.15) is 11.9 Å². The first kappa shape index (κ1) is 11.3. The van der Waals surface area contributed by atoms with Crippen molar-refractivity contribution in [1.82, 2.24) is 4.90 Å². The quantitative estimate of drug-likeness (QED) is 0.498. The fourth-order valence-corrected chi connectivity index (χ4v) is 1.68. The number of aliphatic hydroxyl groups excluding tert-OH is 1. The van der Waals surface area contributed by atoms with E-state index >= 15 is 0 Å². The van der Waals surface area contributed by atoms with Gasteiger partial charge in [0.2, 0.25) is 5.91 Å². The lowest BCUT2D eigenvalue weighted by atomic mass is 10.2. The van der Waals surface area contributed by atoms with Gasteiger partial charge in [-0.25, -0.2) is 4.79 Å². The molecular formula is C8H12ClNO4. The fraction of sp³-hybridized carbons (Fsp3) is 0.750. The number of rotatable bonds is 2. The van der Waals surface area contributed by atoms with Gasteiger partial charge in [0.25, 0.3) is 0 Å². The third kappa shape index (κ3) is 2.16. The molecule has 0 bridgehead atoms. The number of alkyl halides is 1. The smallest absolute Gasteiger partial charge is 0.328 e. The van der Waals surface area contributed by atoms with Gasteiger partial charge in [-0.05, 0) is 0 Å². The summed E-state index contributed by atoms with van der Waals surface area (Å²) in [6, 6.07) is -0.693. The Hall–Kier alpha value is -0.810. The monoisotopic (exact) mass is 221 g/mol. The summed E-state index contributed by atoms with van der Waals surface area (Å²) < 4.78 is 4.52. The van der Waals surface area contributed by atoms with Crippen LogP contribution in [0, 0.1) is 0 Å². The third-order valence-corrected chi connectivity index (χ3v) is 2.42. The number of hydrogen-bond acceptors (Lipinski definition) is 4. The Morgan fingerprint density at radius 2 is 2.29 bits per heavy atom. The molecule has 2 atom stereocenters. The standard InChI is InChI=1S/C8H12ClNO4/c1-14-8(13)6-2-5(11)4-10(6)7(12)3-9/h5-6,11H,2-4H2,1H3/t5-,6-/m0/s1. The Labute approximate surface area is 86.6 Å². The van der Waals surface area contributed by atoms with E-state index in [0.717, 1.165) is 0 Å². The zero-order chi connectivity index (χ0) is 10.7. The van der Waals surface area contributed by atoms with Gasteiger partial charge in [0, 0.05) is 13.0 Å². The van der Waals surface area contributed by atoms with Crippen molar-refractivity contribution in [3.63, 3.8) is 0 Å². The number of aliphatic hydroxyl groups is 1. The molecule has 1 saturated heterocycles. The van der Waals surface area contributed by atoms with Crippen LogP contribution in [0.4, 0.5) is 0 Å². The highest BCUT2D eigenvalue weighted by atomic mass is 35.5. The van der Waals surface area contributed by atoms with Crippen molar-refractivity contribution in [2.45, 2.75) is 18.6 Å². The summed E-state index contributed by atoms with van der Waals surface area (Å²) in [4.78, 5) is 23.7. The maximum Gasteiger partial charge on any atom is 0.328 e. The largest absolute Gasteiger partial charge is 0.467 e. The highest BCUT2D eigenvalue weighted by Crippen LogP contribution is 2.19. The molecule has 1 heterocycles. The van der Waals surface area contributed by atoms with Crippen LogP contribution in [-0.2, 0) is 14.3 Å². The van der Waals surface area contributed by atoms with Crippen LogP contribution in [0.3, 0.4) is 0 Å². The van der Waals surface area contributed by atoms with Crippen LogP contribution in [0.25, 0.3) is 0 Å². The minimum absolute atomic E-state index is 0.144. The normalized spacial score (nSPS) is 26.4. The van der Waals surface area contributed by atoms with E-state index in [2.05, 4.69) is 4.74 Å². The van der Waals surface area contributed by atoms with Crippen LogP contribution < -0.4 is 0 Å². The molecule has 1 aliphatic heterocycles.